The van der Waals surface area contributed by atoms with Crippen LogP contribution in [0.4, 0.5) is 8.78 Å². The first-order valence-corrected chi connectivity index (χ1v) is 3.55. The largest absolute Gasteiger partial charge is 0.266 e. The van der Waals surface area contributed by atoms with E-state index < -0.39 is 11.6 Å². The summed E-state index contributed by atoms with van der Waals surface area (Å²) in [6.07, 6.45) is 0. The van der Waals surface area contributed by atoms with Crippen molar-refractivity contribution in [1.29, 1.82) is 0 Å². The second kappa shape index (κ2) is 2.42. The van der Waals surface area contributed by atoms with Crippen LogP contribution in [-0.4, -0.2) is 10.2 Å². The molecule has 0 spiro atoms. The first kappa shape index (κ1) is 7.49. The quantitative estimate of drug-likeness (QED) is 0.676. The van der Waals surface area contributed by atoms with Crippen molar-refractivity contribution in [2.45, 2.75) is 0 Å². The molecule has 0 aliphatic rings. The van der Waals surface area contributed by atoms with Crippen LogP contribution < -0.4 is 0 Å². The highest BCUT2D eigenvalue weighted by molar-refractivity contribution is 6.34. The van der Waals surface area contributed by atoms with E-state index in [9.17, 15) is 8.78 Å². The lowest BCUT2D eigenvalue weighted by Gasteiger charge is -1.91. The summed E-state index contributed by atoms with van der Waals surface area (Å²) in [6.45, 7) is 0. The molecule has 0 aliphatic carbocycles. The van der Waals surface area contributed by atoms with Gasteiger partial charge in [-0.25, -0.2) is 8.78 Å². The zero-order valence-corrected chi connectivity index (χ0v) is 6.49. The Labute approximate surface area is 71.1 Å². The number of nitrogens with zero attached hydrogens (tertiary/aromatic N) is 1. The minimum atomic E-state index is -0.976. The Balaban J connectivity index is 2.93. The van der Waals surface area contributed by atoms with Crippen molar-refractivity contribution in [1.82, 2.24) is 10.2 Å². The van der Waals surface area contributed by atoms with Crippen LogP contribution in [0.15, 0.2) is 12.1 Å². The number of rotatable bonds is 0. The van der Waals surface area contributed by atoms with Gasteiger partial charge in [0.05, 0.1) is 0 Å². The Morgan fingerprint density at radius 2 is 2.08 bits per heavy atom. The van der Waals surface area contributed by atoms with Crippen LogP contribution in [0.2, 0.25) is 5.15 Å². The molecule has 0 unspecified atom stereocenters. The summed E-state index contributed by atoms with van der Waals surface area (Å²) in [5.74, 6) is -1.90. The summed E-state index contributed by atoms with van der Waals surface area (Å²) in [5, 5.41) is 6.46. The van der Waals surface area contributed by atoms with Crippen LogP contribution in [0.5, 0.6) is 0 Å². The zero-order chi connectivity index (χ0) is 8.72. The van der Waals surface area contributed by atoms with Gasteiger partial charge in [-0.1, -0.05) is 11.6 Å². The molecular formula is C7H3ClF2N2. The maximum atomic E-state index is 12.9. The predicted molar refractivity (Wildman–Crippen MR) is 41.0 cm³/mol. The van der Waals surface area contributed by atoms with Gasteiger partial charge in [0, 0.05) is 5.39 Å². The molecule has 2 nitrogen and oxygen atoms in total. The number of aromatic amines is 1. The molecule has 2 aromatic rings. The topological polar surface area (TPSA) is 28.7 Å². The number of hydrogen-bond acceptors (Lipinski definition) is 1. The van der Waals surface area contributed by atoms with E-state index in [1.807, 2.05) is 0 Å². The van der Waals surface area contributed by atoms with Gasteiger partial charge >= 0.3 is 0 Å². The van der Waals surface area contributed by atoms with Gasteiger partial charge in [-0.15, -0.1) is 0 Å². The average molecular weight is 189 g/mol. The fourth-order valence-corrected chi connectivity index (χ4v) is 1.19. The third kappa shape index (κ3) is 0.881. The minimum absolute atomic E-state index is 0.0694. The Morgan fingerprint density at radius 3 is 2.83 bits per heavy atom. The van der Waals surface area contributed by atoms with E-state index in [0.717, 1.165) is 6.07 Å². The number of H-pyrrole nitrogens is 1. The standard InChI is InChI=1S/C7H3ClF2N2/c8-7-3-1-2-4(9)5(10)6(3)11-12-7/h1-2H,(H,11,12). The molecule has 0 fully saturated rings. The molecule has 2 rings (SSSR count). The monoisotopic (exact) mass is 188 g/mol. The van der Waals surface area contributed by atoms with E-state index >= 15 is 0 Å². The summed E-state index contributed by atoms with van der Waals surface area (Å²) >= 11 is 5.59. The van der Waals surface area contributed by atoms with Crippen LogP contribution in [0.1, 0.15) is 0 Å². The number of halogens is 3. The van der Waals surface area contributed by atoms with E-state index in [4.69, 9.17) is 11.6 Å². The molecule has 0 saturated heterocycles. The van der Waals surface area contributed by atoms with Gasteiger partial charge in [-0.3, -0.25) is 5.10 Å². The van der Waals surface area contributed by atoms with Gasteiger partial charge in [0.1, 0.15) is 10.7 Å². The van der Waals surface area contributed by atoms with E-state index in [0.29, 0.717) is 5.39 Å². The van der Waals surface area contributed by atoms with Crippen molar-refractivity contribution in [2.24, 2.45) is 0 Å². The molecule has 0 saturated carbocycles. The second-order valence-electron chi connectivity index (χ2n) is 2.30. The molecule has 1 aromatic heterocycles. The summed E-state index contributed by atoms with van der Waals surface area (Å²) in [6, 6.07) is 2.39. The van der Waals surface area contributed by atoms with Crippen molar-refractivity contribution in [2.75, 3.05) is 0 Å². The maximum Gasteiger partial charge on any atom is 0.186 e. The smallest absolute Gasteiger partial charge is 0.186 e. The number of benzene rings is 1. The third-order valence-corrected chi connectivity index (χ3v) is 1.86. The molecule has 62 valence electrons. The van der Waals surface area contributed by atoms with Gasteiger partial charge in [-0.05, 0) is 12.1 Å². The zero-order valence-electron chi connectivity index (χ0n) is 5.74. The summed E-state index contributed by atoms with van der Waals surface area (Å²) < 4.78 is 25.5. The summed E-state index contributed by atoms with van der Waals surface area (Å²) in [5.41, 5.74) is -0.0694. The van der Waals surface area contributed by atoms with Crippen LogP contribution in [-0.2, 0) is 0 Å². The Bertz CT molecular complexity index is 438. The molecule has 1 aromatic carbocycles. The number of hydrogen-bond donors (Lipinski definition) is 1. The highest BCUT2D eigenvalue weighted by Crippen LogP contribution is 2.23. The molecule has 0 atom stereocenters. The maximum absolute atomic E-state index is 12.9. The fraction of sp³-hybridized carbons (Fsp3) is 0. The highest BCUT2D eigenvalue weighted by atomic mass is 35.5. The van der Waals surface area contributed by atoms with Crippen LogP contribution in [0, 0.1) is 11.6 Å². The van der Waals surface area contributed by atoms with Crippen molar-refractivity contribution in [3.8, 4) is 0 Å². The number of aromatic nitrogens is 2. The van der Waals surface area contributed by atoms with Crippen molar-refractivity contribution >= 4 is 22.5 Å². The van der Waals surface area contributed by atoms with E-state index in [-0.39, 0.29) is 10.7 Å². The second-order valence-corrected chi connectivity index (χ2v) is 2.67. The van der Waals surface area contributed by atoms with Gasteiger partial charge in [0.15, 0.2) is 11.6 Å². The molecular weight excluding hydrogens is 186 g/mol. The van der Waals surface area contributed by atoms with Gasteiger partial charge in [-0.2, -0.15) is 5.10 Å². The highest BCUT2D eigenvalue weighted by Gasteiger charge is 2.11. The Morgan fingerprint density at radius 1 is 1.33 bits per heavy atom. The number of fused-ring (bicyclic) bond motifs is 1. The molecule has 0 aliphatic heterocycles. The molecule has 1 heterocycles. The Hall–Kier alpha value is -1.16. The van der Waals surface area contributed by atoms with Gasteiger partial charge < -0.3 is 0 Å². The van der Waals surface area contributed by atoms with Crippen molar-refractivity contribution in [3.63, 3.8) is 0 Å². The van der Waals surface area contributed by atoms with Gasteiger partial charge in [0.25, 0.3) is 0 Å². The van der Waals surface area contributed by atoms with Crippen molar-refractivity contribution in [3.05, 3.63) is 28.9 Å². The number of nitrogens with one attached hydrogen (secondary N) is 1. The first-order valence-electron chi connectivity index (χ1n) is 3.17. The van der Waals surface area contributed by atoms with E-state index in [1.54, 1.807) is 0 Å². The predicted octanol–water partition coefficient (Wildman–Crippen LogP) is 2.49. The first-order chi connectivity index (χ1) is 5.70. The SMILES string of the molecule is Fc1ccc2c(Cl)[nH]nc2c1F. The van der Waals surface area contributed by atoms with Crippen LogP contribution >= 0.6 is 11.6 Å². The lowest BCUT2D eigenvalue weighted by molar-refractivity contribution is 0.515. The van der Waals surface area contributed by atoms with E-state index in [1.165, 1.54) is 6.07 Å². The third-order valence-electron chi connectivity index (χ3n) is 1.57. The summed E-state index contributed by atoms with van der Waals surface area (Å²) in [4.78, 5) is 0. The summed E-state index contributed by atoms with van der Waals surface area (Å²) in [7, 11) is 0. The Kier molecular flexibility index (Phi) is 1.51. The lowest BCUT2D eigenvalue weighted by atomic mass is 10.2. The van der Waals surface area contributed by atoms with Gasteiger partial charge in [0.2, 0.25) is 0 Å². The fourth-order valence-electron chi connectivity index (χ4n) is 0.992. The van der Waals surface area contributed by atoms with Crippen LogP contribution in [0.3, 0.4) is 0 Å². The lowest BCUT2D eigenvalue weighted by Crippen LogP contribution is -1.84. The molecule has 1 N–H and O–H groups in total. The van der Waals surface area contributed by atoms with Crippen LogP contribution in [0.25, 0.3) is 10.9 Å². The average Bonchev–Trinajstić information content (AvgIpc) is 2.41. The molecule has 5 heteroatoms. The minimum Gasteiger partial charge on any atom is -0.266 e. The molecule has 0 bridgehead atoms. The van der Waals surface area contributed by atoms with E-state index in [2.05, 4.69) is 10.2 Å². The molecule has 0 amide bonds. The molecule has 12 heavy (non-hydrogen) atoms. The molecule has 0 radical (unpaired) electrons. The van der Waals surface area contributed by atoms with Crippen molar-refractivity contribution < 1.29 is 8.78 Å². The normalized spacial score (nSPS) is 10.9.